The topological polar surface area (TPSA) is 68.3 Å². The van der Waals surface area contributed by atoms with Crippen molar-refractivity contribution in [2.45, 2.75) is 52.0 Å². The van der Waals surface area contributed by atoms with Gasteiger partial charge in [-0.15, -0.1) is 0 Å². The second-order valence-electron chi connectivity index (χ2n) is 5.79. The normalized spacial score (nSPS) is 27.3. The number of carbonyl (C=O) groups excluding carboxylic acids is 1. The fraction of sp³-hybridized carbons (Fsp3) is 0.667. The average Bonchev–Trinajstić information content (AvgIpc) is 2.71. The van der Waals surface area contributed by atoms with Crippen LogP contribution in [0.3, 0.4) is 0 Å². The van der Waals surface area contributed by atoms with Gasteiger partial charge in [0.25, 0.3) is 5.91 Å². The molecule has 1 heterocycles. The van der Waals surface area contributed by atoms with E-state index in [1.165, 1.54) is 6.42 Å². The highest BCUT2D eigenvalue weighted by atomic mass is 16.3. The Morgan fingerprint density at radius 3 is 2.79 bits per heavy atom. The lowest BCUT2D eigenvalue weighted by atomic mass is 9.73. The molecule has 0 radical (unpaired) electrons. The lowest BCUT2D eigenvalue weighted by Gasteiger charge is -2.42. The predicted octanol–water partition coefficient (Wildman–Crippen LogP) is 2.53. The molecule has 1 amide bonds. The van der Waals surface area contributed by atoms with E-state index in [9.17, 15) is 4.79 Å². The minimum atomic E-state index is -0.257. The fourth-order valence-electron chi connectivity index (χ4n) is 3.10. The molecule has 1 aromatic heterocycles. The van der Waals surface area contributed by atoms with Crippen molar-refractivity contribution in [3.8, 4) is 0 Å². The van der Waals surface area contributed by atoms with Crippen molar-refractivity contribution in [1.82, 2.24) is 5.32 Å². The van der Waals surface area contributed by atoms with Crippen LogP contribution in [0.5, 0.6) is 0 Å². The van der Waals surface area contributed by atoms with Crippen LogP contribution in [0.2, 0.25) is 0 Å². The Balaban J connectivity index is 2.18. The molecule has 4 heteroatoms. The van der Waals surface area contributed by atoms with Gasteiger partial charge in [0.1, 0.15) is 11.5 Å². The average molecular weight is 264 g/mol. The number of carbonyl (C=O) groups is 1. The van der Waals surface area contributed by atoms with Crippen LogP contribution >= 0.6 is 0 Å². The van der Waals surface area contributed by atoms with Crippen molar-refractivity contribution in [3.63, 3.8) is 0 Å². The third-order valence-electron chi connectivity index (χ3n) is 4.47. The summed E-state index contributed by atoms with van der Waals surface area (Å²) in [6.07, 6.45) is 4.45. The molecule has 19 heavy (non-hydrogen) atoms. The van der Waals surface area contributed by atoms with Crippen LogP contribution in [-0.2, 0) is 0 Å². The number of nitrogens with one attached hydrogen (secondary N) is 1. The van der Waals surface area contributed by atoms with Gasteiger partial charge >= 0.3 is 0 Å². The van der Waals surface area contributed by atoms with E-state index in [1.807, 2.05) is 13.8 Å². The number of rotatable bonds is 3. The molecule has 1 saturated carbocycles. The second kappa shape index (κ2) is 5.37. The quantitative estimate of drug-likeness (QED) is 0.881. The van der Waals surface area contributed by atoms with Gasteiger partial charge in [-0.2, -0.15) is 0 Å². The first-order valence-electron chi connectivity index (χ1n) is 7.08. The molecule has 0 spiro atoms. The number of hydrogen-bond acceptors (Lipinski definition) is 3. The van der Waals surface area contributed by atoms with Crippen LogP contribution in [0, 0.1) is 19.8 Å². The second-order valence-corrected chi connectivity index (χ2v) is 5.79. The van der Waals surface area contributed by atoms with Gasteiger partial charge in [0.2, 0.25) is 0 Å². The first-order valence-corrected chi connectivity index (χ1v) is 7.08. The SMILES string of the molecule is Cc1cc(C(=O)NC2(CN)CCCCC2C)c(C)o1. The van der Waals surface area contributed by atoms with Crippen molar-refractivity contribution in [3.05, 3.63) is 23.2 Å². The van der Waals surface area contributed by atoms with Gasteiger partial charge in [0, 0.05) is 6.54 Å². The third-order valence-corrected chi connectivity index (χ3v) is 4.47. The first-order chi connectivity index (χ1) is 8.98. The first kappa shape index (κ1) is 14.1. The number of furan rings is 1. The summed E-state index contributed by atoms with van der Waals surface area (Å²) in [7, 11) is 0. The molecule has 2 unspecified atom stereocenters. The fourth-order valence-corrected chi connectivity index (χ4v) is 3.10. The molecule has 0 aliphatic heterocycles. The van der Waals surface area contributed by atoms with Gasteiger partial charge in [-0.25, -0.2) is 0 Å². The summed E-state index contributed by atoms with van der Waals surface area (Å²) in [5.74, 6) is 1.80. The lowest BCUT2D eigenvalue weighted by molar-refractivity contribution is 0.0811. The zero-order chi connectivity index (χ0) is 14.0. The molecule has 2 rings (SSSR count). The Kier molecular flexibility index (Phi) is 3.99. The maximum atomic E-state index is 12.4. The summed E-state index contributed by atoms with van der Waals surface area (Å²) < 4.78 is 5.43. The van der Waals surface area contributed by atoms with Crippen LogP contribution in [0.1, 0.15) is 54.5 Å². The van der Waals surface area contributed by atoms with Crippen molar-refractivity contribution < 1.29 is 9.21 Å². The molecule has 1 aromatic rings. The summed E-state index contributed by atoms with van der Waals surface area (Å²) in [5, 5.41) is 3.18. The Labute approximate surface area is 114 Å². The van der Waals surface area contributed by atoms with Crippen molar-refractivity contribution in [1.29, 1.82) is 0 Å². The number of nitrogens with two attached hydrogens (primary N) is 1. The summed E-state index contributed by atoms with van der Waals surface area (Å²) in [5.41, 5.74) is 6.33. The molecule has 1 aliphatic carbocycles. The van der Waals surface area contributed by atoms with Gasteiger partial charge in [0.15, 0.2) is 0 Å². The molecule has 1 fully saturated rings. The molecule has 4 nitrogen and oxygen atoms in total. The minimum Gasteiger partial charge on any atom is -0.466 e. The molecule has 0 bridgehead atoms. The predicted molar refractivity (Wildman–Crippen MR) is 75.1 cm³/mol. The van der Waals surface area contributed by atoms with Crippen LogP contribution in [0.4, 0.5) is 0 Å². The van der Waals surface area contributed by atoms with Crippen molar-refractivity contribution in [2.75, 3.05) is 6.54 Å². The van der Waals surface area contributed by atoms with Gasteiger partial charge in [-0.3, -0.25) is 4.79 Å². The van der Waals surface area contributed by atoms with E-state index in [0.29, 0.717) is 23.8 Å². The highest BCUT2D eigenvalue weighted by Gasteiger charge is 2.38. The van der Waals surface area contributed by atoms with Crippen LogP contribution in [0.15, 0.2) is 10.5 Å². The van der Waals surface area contributed by atoms with E-state index in [1.54, 1.807) is 6.07 Å². The largest absolute Gasteiger partial charge is 0.466 e. The number of amides is 1. The number of aryl methyl sites for hydroxylation is 2. The lowest BCUT2D eigenvalue weighted by Crippen LogP contribution is -2.59. The van der Waals surface area contributed by atoms with E-state index in [2.05, 4.69) is 12.2 Å². The highest BCUT2D eigenvalue weighted by molar-refractivity contribution is 5.95. The molecule has 0 aromatic carbocycles. The molecule has 2 atom stereocenters. The summed E-state index contributed by atoms with van der Waals surface area (Å²) >= 11 is 0. The van der Waals surface area contributed by atoms with Gasteiger partial charge in [-0.1, -0.05) is 19.8 Å². The van der Waals surface area contributed by atoms with Crippen molar-refractivity contribution in [2.24, 2.45) is 11.7 Å². The van der Waals surface area contributed by atoms with Gasteiger partial charge < -0.3 is 15.5 Å². The molecular formula is C15H24N2O2. The highest BCUT2D eigenvalue weighted by Crippen LogP contribution is 2.33. The molecule has 3 N–H and O–H groups in total. The van der Waals surface area contributed by atoms with E-state index >= 15 is 0 Å². The Morgan fingerprint density at radius 2 is 2.26 bits per heavy atom. The molecular weight excluding hydrogens is 240 g/mol. The zero-order valence-corrected chi connectivity index (χ0v) is 12.1. The Hall–Kier alpha value is -1.29. The van der Waals surface area contributed by atoms with Crippen LogP contribution in [-0.4, -0.2) is 18.0 Å². The standard InChI is InChI=1S/C15H24N2O2/c1-10-6-4-5-7-15(10,9-16)17-14(18)13-8-11(2)19-12(13)3/h8,10H,4-7,9,16H2,1-3H3,(H,17,18). The summed E-state index contributed by atoms with van der Waals surface area (Å²) in [4.78, 5) is 12.4. The van der Waals surface area contributed by atoms with Crippen LogP contribution in [0.25, 0.3) is 0 Å². The van der Waals surface area contributed by atoms with E-state index in [4.69, 9.17) is 10.2 Å². The Bertz CT molecular complexity index is 467. The number of hydrogen-bond donors (Lipinski definition) is 2. The van der Waals surface area contributed by atoms with E-state index in [-0.39, 0.29) is 11.4 Å². The van der Waals surface area contributed by atoms with E-state index in [0.717, 1.165) is 25.0 Å². The molecule has 1 aliphatic rings. The van der Waals surface area contributed by atoms with E-state index < -0.39 is 0 Å². The summed E-state index contributed by atoms with van der Waals surface area (Å²) in [6.45, 7) is 6.35. The van der Waals surface area contributed by atoms with Crippen molar-refractivity contribution >= 4 is 5.91 Å². The third kappa shape index (κ3) is 2.68. The smallest absolute Gasteiger partial charge is 0.255 e. The molecule has 0 saturated heterocycles. The zero-order valence-electron chi connectivity index (χ0n) is 12.1. The van der Waals surface area contributed by atoms with Crippen LogP contribution < -0.4 is 11.1 Å². The summed E-state index contributed by atoms with van der Waals surface area (Å²) in [6, 6.07) is 1.79. The van der Waals surface area contributed by atoms with Gasteiger partial charge in [-0.05, 0) is 38.7 Å². The minimum absolute atomic E-state index is 0.0615. The maximum absolute atomic E-state index is 12.4. The Morgan fingerprint density at radius 1 is 1.53 bits per heavy atom. The monoisotopic (exact) mass is 264 g/mol. The maximum Gasteiger partial charge on any atom is 0.255 e. The van der Waals surface area contributed by atoms with Gasteiger partial charge in [0.05, 0.1) is 11.1 Å². The molecule has 106 valence electrons.